The summed E-state index contributed by atoms with van der Waals surface area (Å²) in [7, 11) is 0. The molecule has 0 aliphatic carbocycles. The Kier molecular flexibility index (Phi) is 5.07. The lowest BCUT2D eigenvalue weighted by Crippen LogP contribution is -2.22. The lowest BCUT2D eigenvalue weighted by atomic mass is 10.2. The molecule has 0 aliphatic heterocycles. The van der Waals surface area contributed by atoms with E-state index in [0.717, 1.165) is 0 Å². The third-order valence-electron chi connectivity index (χ3n) is 0.992. The zero-order chi connectivity index (χ0) is 10.3. The normalized spacial score (nSPS) is 12.6. The minimum atomic E-state index is -0.456. The average Bonchev–Trinajstić information content (AvgIpc) is 1.94. The number of carbonyl (C=O) groups is 1. The standard InChI is InChI=1S/C10H16O3/c1-10(2,3)13-9(12)7-5-4-6-8-11/h4-7,11H,8H2,1-3H3/b6-4+,7-5+. The van der Waals surface area contributed by atoms with Crippen LogP contribution in [0.3, 0.4) is 0 Å². The van der Waals surface area contributed by atoms with E-state index in [0.29, 0.717) is 0 Å². The maximum absolute atomic E-state index is 11.0. The molecule has 3 heteroatoms. The summed E-state index contributed by atoms with van der Waals surface area (Å²) < 4.78 is 5.00. The smallest absolute Gasteiger partial charge is 0.331 e. The quantitative estimate of drug-likeness (QED) is 0.410. The molecule has 0 aromatic heterocycles. The van der Waals surface area contributed by atoms with E-state index < -0.39 is 5.60 Å². The molecular weight excluding hydrogens is 168 g/mol. The first-order valence-corrected chi connectivity index (χ1v) is 4.13. The Morgan fingerprint density at radius 3 is 2.46 bits per heavy atom. The molecule has 0 atom stereocenters. The van der Waals surface area contributed by atoms with Gasteiger partial charge in [0.1, 0.15) is 5.60 Å². The van der Waals surface area contributed by atoms with Crippen molar-refractivity contribution in [2.24, 2.45) is 0 Å². The van der Waals surface area contributed by atoms with Crippen LogP contribution in [0.5, 0.6) is 0 Å². The Bertz CT molecular complexity index is 209. The van der Waals surface area contributed by atoms with Crippen LogP contribution in [0.1, 0.15) is 20.8 Å². The fourth-order valence-corrected chi connectivity index (χ4v) is 0.609. The molecule has 13 heavy (non-hydrogen) atoms. The van der Waals surface area contributed by atoms with Crippen molar-refractivity contribution in [1.29, 1.82) is 0 Å². The van der Waals surface area contributed by atoms with Gasteiger partial charge in [0.2, 0.25) is 0 Å². The number of rotatable bonds is 3. The summed E-state index contributed by atoms with van der Waals surface area (Å²) in [5.74, 6) is -0.380. The molecule has 74 valence electrons. The molecule has 0 unspecified atom stereocenters. The molecule has 0 rings (SSSR count). The van der Waals surface area contributed by atoms with Crippen LogP contribution in [0.25, 0.3) is 0 Å². The Morgan fingerprint density at radius 1 is 1.38 bits per heavy atom. The number of allylic oxidation sites excluding steroid dienone is 2. The molecule has 0 spiro atoms. The molecule has 0 aliphatic rings. The van der Waals surface area contributed by atoms with E-state index in [9.17, 15) is 4.79 Å². The van der Waals surface area contributed by atoms with Gasteiger partial charge in [0, 0.05) is 6.08 Å². The van der Waals surface area contributed by atoms with Crippen molar-refractivity contribution in [3.05, 3.63) is 24.3 Å². The second-order valence-corrected chi connectivity index (χ2v) is 3.50. The van der Waals surface area contributed by atoms with Crippen molar-refractivity contribution >= 4 is 5.97 Å². The predicted octanol–water partition coefficient (Wildman–Crippen LogP) is 1.43. The number of aliphatic hydroxyl groups is 1. The predicted molar refractivity (Wildman–Crippen MR) is 51.2 cm³/mol. The first-order chi connectivity index (χ1) is 5.95. The number of hydrogen-bond acceptors (Lipinski definition) is 3. The molecule has 0 aromatic carbocycles. The minimum Gasteiger partial charge on any atom is -0.457 e. The van der Waals surface area contributed by atoms with Gasteiger partial charge in [-0.3, -0.25) is 0 Å². The van der Waals surface area contributed by atoms with Gasteiger partial charge >= 0.3 is 5.97 Å². The highest BCUT2D eigenvalue weighted by Gasteiger charge is 2.13. The van der Waals surface area contributed by atoms with E-state index in [2.05, 4.69) is 0 Å². The third kappa shape index (κ3) is 8.82. The number of aliphatic hydroxyl groups excluding tert-OH is 1. The van der Waals surface area contributed by atoms with Gasteiger partial charge in [-0.15, -0.1) is 0 Å². The summed E-state index contributed by atoms with van der Waals surface area (Å²) >= 11 is 0. The minimum absolute atomic E-state index is 0.0291. The SMILES string of the molecule is CC(C)(C)OC(=O)/C=C/C=C/CO. The molecule has 0 bridgehead atoms. The Morgan fingerprint density at radius 2 is 2.00 bits per heavy atom. The summed E-state index contributed by atoms with van der Waals surface area (Å²) in [6.45, 7) is 5.39. The first kappa shape index (κ1) is 11.9. The molecule has 0 saturated carbocycles. The highest BCUT2D eigenvalue weighted by Crippen LogP contribution is 2.06. The molecule has 0 amide bonds. The van der Waals surface area contributed by atoms with Crippen LogP contribution in [0.2, 0.25) is 0 Å². The van der Waals surface area contributed by atoms with Crippen molar-refractivity contribution in [2.45, 2.75) is 26.4 Å². The number of esters is 1. The fourth-order valence-electron chi connectivity index (χ4n) is 0.609. The topological polar surface area (TPSA) is 46.5 Å². The molecule has 0 radical (unpaired) electrons. The summed E-state index contributed by atoms with van der Waals surface area (Å²) in [5, 5.41) is 8.38. The highest BCUT2D eigenvalue weighted by atomic mass is 16.6. The summed E-state index contributed by atoms with van der Waals surface area (Å²) in [6, 6.07) is 0. The van der Waals surface area contributed by atoms with Crippen LogP contribution >= 0.6 is 0 Å². The summed E-state index contributed by atoms with van der Waals surface area (Å²) in [4.78, 5) is 11.0. The van der Waals surface area contributed by atoms with Crippen LogP contribution < -0.4 is 0 Å². The van der Waals surface area contributed by atoms with E-state index in [1.54, 1.807) is 6.08 Å². The van der Waals surface area contributed by atoms with Gasteiger partial charge in [-0.1, -0.05) is 18.2 Å². The zero-order valence-corrected chi connectivity index (χ0v) is 8.28. The van der Waals surface area contributed by atoms with Crippen LogP contribution in [-0.4, -0.2) is 23.3 Å². The monoisotopic (exact) mass is 184 g/mol. The molecule has 0 aromatic rings. The van der Waals surface area contributed by atoms with Gasteiger partial charge in [0.15, 0.2) is 0 Å². The molecule has 3 nitrogen and oxygen atoms in total. The number of hydrogen-bond donors (Lipinski definition) is 1. The zero-order valence-electron chi connectivity index (χ0n) is 8.28. The Labute approximate surface area is 78.7 Å². The molecule has 0 fully saturated rings. The fraction of sp³-hybridized carbons (Fsp3) is 0.500. The van der Waals surface area contributed by atoms with Gasteiger partial charge in [0.25, 0.3) is 0 Å². The van der Waals surface area contributed by atoms with Crippen LogP contribution in [-0.2, 0) is 9.53 Å². The van der Waals surface area contributed by atoms with Crippen LogP contribution in [0, 0.1) is 0 Å². The Hall–Kier alpha value is -1.09. The maximum Gasteiger partial charge on any atom is 0.331 e. The van der Waals surface area contributed by atoms with E-state index >= 15 is 0 Å². The van der Waals surface area contributed by atoms with Gasteiger partial charge in [-0.2, -0.15) is 0 Å². The second kappa shape index (κ2) is 5.54. The van der Waals surface area contributed by atoms with E-state index in [-0.39, 0.29) is 12.6 Å². The van der Waals surface area contributed by atoms with Crippen molar-refractivity contribution < 1.29 is 14.6 Å². The van der Waals surface area contributed by atoms with E-state index in [1.807, 2.05) is 20.8 Å². The lowest BCUT2D eigenvalue weighted by molar-refractivity contribution is -0.148. The van der Waals surface area contributed by atoms with Crippen molar-refractivity contribution in [3.63, 3.8) is 0 Å². The van der Waals surface area contributed by atoms with Gasteiger partial charge in [-0.25, -0.2) is 4.79 Å². The second-order valence-electron chi connectivity index (χ2n) is 3.50. The van der Waals surface area contributed by atoms with E-state index in [1.165, 1.54) is 18.2 Å². The molecule has 0 saturated heterocycles. The molecule has 1 N–H and O–H groups in total. The maximum atomic E-state index is 11.0. The van der Waals surface area contributed by atoms with Crippen LogP contribution in [0.15, 0.2) is 24.3 Å². The van der Waals surface area contributed by atoms with Crippen molar-refractivity contribution in [1.82, 2.24) is 0 Å². The van der Waals surface area contributed by atoms with Gasteiger partial charge in [0.05, 0.1) is 6.61 Å². The molecule has 0 heterocycles. The van der Waals surface area contributed by atoms with Gasteiger partial charge < -0.3 is 9.84 Å². The number of carbonyl (C=O) groups excluding carboxylic acids is 1. The van der Waals surface area contributed by atoms with Crippen molar-refractivity contribution in [3.8, 4) is 0 Å². The summed E-state index contributed by atoms with van der Waals surface area (Å²) in [5.41, 5.74) is -0.456. The highest BCUT2D eigenvalue weighted by molar-refractivity contribution is 5.82. The Balaban J connectivity index is 3.88. The lowest BCUT2D eigenvalue weighted by Gasteiger charge is -2.17. The largest absolute Gasteiger partial charge is 0.457 e. The van der Waals surface area contributed by atoms with Crippen LogP contribution in [0.4, 0.5) is 0 Å². The number of ether oxygens (including phenoxy) is 1. The average molecular weight is 184 g/mol. The first-order valence-electron chi connectivity index (χ1n) is 4.13. The summed E-state index contributed by atoms with van der Waals surface area (Å²) in [6.07, 6.45) is 5.96. The third-order valence-corrected chi connectivity index (χ3v) is 0.992. The van der Waals surface area contributed by atoms with Crippen molar-refractivity contribution in [2.75, 3.05) is 6.61 Å². The van der Waals surface area contributed by atoms with Gasteiger partial charge in [-0.05, 0) is 20.8 Å². The van der Waals surface area contributed by atoms with E-state index in [4.69, 9.17) is 9.84 Å². The molecular formula is C10H16O3.